The van der Waals surface area contributed by atoms with Gasteiger partial charge < -0.3 is 10.3 Å². The van der Waals surface area contributed by atoms with Crippen molar-refractivity contribution in [2.75, 3.05) is 11.1 Å². The number of hydrogen-bond acceptors (Lipinski definition) is 4. The highest BCUT2D eigenvalue weighted by atomic mass is 32.2. The van der Waals surface area contributed by atoms with E-state index in [1.54, 1.807) is 12.1 Å². The van der Waals surface area contributed by atoms with Gasteiger partial charge in [-0.15, -0.1) is 0 Å². The number of aromatic nitrogens is 3. The molecule has 0 atom stereocenters. The van der Waals surface area contributed by atoms with Crippen LogP contribution in [0.25, 0.3) is 38.4 Å². The van der Waals surface area contributed by atoms with E-state index in [1.807, 2.05) is 66.7 Å². The molecule has 0 aliphatic rings. The molecule has 0 bridgehead atoms. The molecule has 1 amide bonds. The van der Waals surface area contributed by atoms with Crippen molar-refractivity contribution in [3.05, 3.63) is 107 Å². The maximum atomic E-state index is 14.8. The lowest BCUT2D eigenvalue weighted by molar-refractivity contribution is -0.113. The quantitative estimate of drug-likeness (QED) is 0.231. The molecule has 4 aromatic carbocycles. The molecule has 0 radical (unpaired) electrons. The zero-order valence-corrected chi connectivity index (χ0v) is 19.7. The maximum Gasteiger partial charge on any atom is 0.283 e. The van der Waals surface area contributed by atoms with Gasteiger partial charge in [-0.1, -0.05) is 78.5 Å². The minimum Gasteiger partial charge on any atom is -0.349 e. The van der Waals surface area contributed by atoms with Crippen LogP contribution in [0.2, 0.25) is 0 Å². The van der Waals surface area contributed by atoms with E-state index < -0.39 is 11.4 Å². The molecule has 0 saturated carbocycles. The predicted octanol–water partition coefficient (Wildman–Crippen LogP) is 5.89. The fourth-order valence-corrected chi connectivity index (χ4v) is 5.13. The predicted molar refractivity (Wildman–Crippen MR) is 142 cm³/mol. The molecule has 6 nitrogen and oxygen atoms in total. The SMILES string of the molecule is O=C(CSc1nc2c([nH]c3ccccc32)c(=O)n1-c1ccccc1F)Nc1cccc2ccccc12. The van der Waals surface area contributed by atoms with Gasteiger partial charge in [0.05, 0.1) is 11.4 Å². The number of halogens is 1. The number of carbonyl (C=O) groups is 1. The largest absolute Gasteiger partial charge is 0.349 e. The van der Waals surface area contributed by atoms with Crippen LogP contribution in [0.5, 0.6) is 0 Å². The summed E-state index contributed by atoms with van der Waals surface area (Å²) in [4.78, 5) is 34.3. The van der Waals surface area contributed by atoms with Gasteiger partial charge in [-0.25, -0.2) is 9.37 Å². The highest BCUT2D eigenvalue weighted by molar-refractivity contribution is 7.99. The van der Waals surface area contributed by atoms with Crippen LogP contribution in [0.3, 0.4) is 0 Å². The number of rotatable bonds is 5. The minimum absolute atomic E-state index is 0.0159. The standard InChI is InChI=1S/C28H19FN4O2S/c29-20-12-4-6-15-23(20)33-27(35)26-25(19-11-3-5-13-22(19)31-26)32-28(33)36-16-24(34)30-21-14-7-9-17-8-1-2-10-18(17)21/h1-15,31H,16H2,(H,30,34). The Morgan fingerprint density at radius 3 is 2.50 bits per heavy atom. The second-order valence-electron chi connectivity index (χ2n) is 8.24. The van der Waals surface area contributed by atoms with Crippen molar-refractivity contribution < 1.29 is 9.18 Å². The Kier molecular flexibility index (Phi) is 5.50. The van der Waals surface area contributed by atoms with E-state index in [4.69, 9.17) is 4.98 Å². The van der Waals surface area contributed by atoms with E-state index in [-0.39, 0.29) is 28.0 Å². The number of benzene rings is 4. The number of anilines is 1. The molecule has 0 saturated heterocycles. The van der Waals surface area contributed by atoms with Crippen LogP contribution in [0.1, 0.15) is 0 Å². The number of aromatic amines is 1. The molecule has 36 heavy (non-hydrogen) atoms. The van der Waals surface area contributed by atoms with Crippen LogP contribution in [-0.2, 0) is 4.79 Å². The molecular weight excluding hydrogens is 475 g/mol. The Labute approximate surface area is 208 Å². The van der Waals surface area contributed by atoms with Gasteiger partial charge in [0.25, 0.3) is 5.56 Å². The van der Waals surface area contributed by atoms with Gasteiger partial charge in [-0.3, -0.25) is 14.2 Å². The third-order valence-electron chi connectivity index (χ3n) is 5.98. The first-order valence-electron chi connectivity index (χ1n) is 11.3. The van der Waals surface area contributed by atoms with E-state index in [9.17, 15) is 14.0 Å². The molecule has 0 unspecified atom stereocenters. The Bertz CT molecular complexity index is 1840. The van der Waals surface area contributed by atoms with Crippen molar-refractivity contribution in [2.24, 2.45) is 0 Å². The summed E-state index contributed by atoms with van der Waals surface area (Å²) in [5.41, 5.74) is 1.87. The summed E-state index contributed by atoms with van der Waals surface area (Å²) in [6, 6.07) is 27.0. The van der Waals surface area contributed by atoms with E-state index in [0.717, 1.165) is 33.4 Å². The number of para-hydroxylation sites is 2. The fraction of sp³-hybridized carbons (Fsp3) is 0.0357. The Hall–Kier alpha value is -4.43. The van der Waals surface area contributed by atoms with Crippen LogP contribution >= 0.6 is 11.8 Å². The molecule has 6 aromatic rings. The van der Waals surface area contributed by atoms with Crippen molar-refractivity contribution in [2.45, 2.75) is 5.16 Å². The third-order valence-corrected chi connectivity index (χ3v) is 6.92. The Balaban J connectivity index is 1.40. The van der Waals surface area contributed by atoms with E-state index in [2.05, 4.69) is 10.3 Å². The molecule has 6 rings (SSSR count). The molecular formula is C28H19FN4O2S. The summed E-state index contributed by atoms with van der Waals surface area (Å²) in [6.45, 7) is 0. The topological polar surface area (TPSA) is 79.8 Å². The summed E-state index contributed by atoms with van der Waals surface area (Å²) >= 11 is 1.08. The van der Waals surface area contributed by atoms with Crippen LogP contribution in [0.15, 0.2) is 101 Å². The maximum absolute atomic E-state index is 14.8. The summed E-state index contributed by atoms with van der Waals surface area (Å²) in [5.74, 6) is -0.832. The van der Waals surface area contributed by atoms with E-state index >= 15 is 0 Å². The average Bonchev–Trinajstić information content (AvgIpc) is 3.28. The number of hydrogen-bond donors (Lipinski definition) is 2. The summed E-state index contributed by atoms with van der Waals surface area (Å²) in [6.07, 6.45) is 0. The highest BCUT2D eigenvalue weighted by Crippen LogP contribution is 2.28. The fourth-order valence-electron chi connectivity index (χ4n) is 4.34. The Morgan fingerprint density at radius 1 is 0.917 bits per heavy atom. The lowest BCUT2D eigenvalue weighted by Crippen LogP contribution is -2.23. The van der Waals surface area contributed by atoms with Gasteiger partial charge in [-0.2, -0.15) is 0 Å². The lowest BCUT2D eigenvalue weighted by Gasteiger charge is -2.13. The average molecular weight is 495 g/mol. The molecule has 0 spiro atoms. The summed E-state index contributed by atoms with van der Waals surface area (Å²) in [5, 5.41) is 5.91. The first-order chi connectivity index (χ1) is 17.6. The third kappa shape index (κ3) is 3.81. The van der Waals surface area contributed by atoms with Gasteiger partial charge in [-0.05, 0) is 29.7 Å². The van der Waals surface area contributed by atoms with Crippen molar-refractivity contribution in [1.82, 2.24) is 14.5 Å². The smallest absolute Gasteiger partial charge is 0.283 e. The first-order valence-corrected chi connectivity index (χ1v) is 12.3. The minimum atomic E-state index is -0.557. The van der Waals surface area contributed by atoms with E-state index in [0.29, 0.717) is 11.2 Å². The van der Waals surface area contributed by atoms with Gasteiger partial charge >= 0.3 is 0 Å². The zero-order chi connectivity index (χ0) is 24.6. The molecule has 8 heteroatoms. The van der Waals surface area contributed by atoms with Gasteiger partial charge in [0, 0.05) is 22.0 Å². The zero-order valence-electron chi connectivity index (χ0n) is 18.9. The number of fused-ring (bicyclic) bond motifs is 4. The molecule has 2 heterocycles. The molecule has 2 N–H and O–H groups in total. The summed E-state index contributed by atoms with van der Waals surface area (Å²) < 4.78 is 16.0. The van der Waals surface area contributed by atoms with Crippen LogP contribution in [0, 0.1) is 5.82 Å². The monoisotopic (exact) mass is 494 g/mol. The molecule has 2 aromatic heterocycles. The number of amides is 1. The number of nitrogens with one attached hydrogen (secondary N) is 2. The van der Waals surface area contributed by atoms with Gasteiger partial charge in [0.15, 0.2) is 5.16 Å². The number of nitrogens with zero attached hydrogens (tertiary/aromatic N) is 2. The molecule has 0 aliphatic carbocycles. The van der Waals surface area contributed by atoms with Crippen molar-refractivity contribution in [1.29, 1.82) is 0 Å². The molecule has 0 fully saturated rings. The lowest BCUT2D eigenvalue weighted by atomic mass is 10.1. The second-order valence-corrected chi connectivity index (χ2v) is 9.19. The van der Waals surface area contributed by atoms with Gasteiger partial charge in [0.1, 0.15) is 16.9 Å². The molecule has 0 aliphatic heterocycles. The second kappa shape index (κ2) is 8.98. The van der Waals surface area contributed by atoms with Crippen LogP contribution in [-0.4, -0.2) is 26.2 Å². The van der Waals surface area contributed by atoms with Crippen molar-refractivity contribution in [3.8, 4) is 5.69 Å². The highest BCUT2D eigenvalue weighted by Gasteiger charge is 2.20. The number of thioether (sulfide) groups is 1. The number of carbonyl (C=O) groups excluding carboxylic acids is 1. The molecule has 176 valence electrons. The van der Waals surface area contributed by atoms with Gasteiger partial charge in [0.2, 0.25) is 5.91 Å². The van der Waals surface area contributed by atoms with Crippen molar-refractivity contribution in [3.63, 3.8) is 0 Å². The van der Waals surface area contributed by atoms with Crippen molar-refractivity contribution >= 4 is 56.1 Å². The first kappa shape index (κ1) is 22.1. The summed E-state index contributed by atoms with van der Waals surface area (Å²) in [7, 11) is 0. The number of H-pyrrole nitrogens is 1. The normalized spacial score (nSPS) is 11.4. The van der Waals surface area contributed by atoms with Crippen LogP contribution in [0.4, 0.5) is 10.1 Å². The Morgan fingerprint density at radius 2 is 1.64 bits per heavy atom. The van der Waals surface area contributed by atoms with Crippen LogP contribution < -0.4 is 10.9 Å². The van der Waals surface area contributed by atoms with E-state index in [1.165, 1.54) is 16.7 Å².